The molecular formula is C23H17N5O5S. The maximum absolute atomic E-state index is 12.2. The molecule has 170 valence electrons. The number of carbonyl (C=O) groups is 2. The van der Waals surface area contributed by atoms with Gasteiger partial charge < -0.3 is 19.9 Å². The van der Waals surface area contributed by atoms with Crippen molar-refractivity contribution in [1.29, 1.82) is 0 Å². The maximum Gasteiger partial charge on any atom is 0.339 e. The van der Waals surface area contributed by atoms with Crippen LogP contribution in [0.1, 0.15) is 16.8 Å². The fraction of sp³-hybridized carbons (Fsp3) is 0.0870. The van der Waals surface area contributed by atoms with E-state index in [4.69, 9.17) is 4.42 Å². The summed E-state index contributed by atoms with van der Waals surface area (Å²) in [5.74, 6) is -1.39. The number of benzene rings is 2. The minimum absolute atomic E-state index is 0.164. The summed E-state index contributed by atoms with van der Waals surface area (Å²) in [5.41, 5.74) is 1.80. The molecule has 0 aliphatic heterocycles. The van der Waals surface area contributed by atoms with Crippen molar-refractivity contribution in [2.24, 2.45) is 0 Å². The SMILES string of the molecule is O=C(CCn1cc(-c2c(-c3ccccc3)oc3cc(O)c(C(=O)O)cc23)nn1)Nc1nccs1. The van der Waals surface area contributed by atoms with E-state index in [9.17, 15) is 19.8 Å². The number of amides is 1. The number of thiazole rings is 1. The number of fused-ring (bicyclic) bond motifs is 1. The highest BCUT2D eigenvalue weighted by Crippen LogP contribution is 2.42. The Balaban J connectivity index is 1.51. The molecule has 0 bridgehead atoms. The predicted molar refractivity (Wildman–Crippen MR) is 125 cm³/mol. The van der Waals surface area contributed by atoms with Crippen LogP contribution in [0.3, 0.4) is 0 Å². The van der Waals surface area contributed by atoms with Crippen molar-refractivity contribution in [1.82, 2.24) is 20.0 Å². The number of hydrogen-bond donors (Lipinski definition) is 3. The largest absolute Gasteiger partial charge is 0.507 e. The predicted octanol–water partition coefficient (Wildman–Crippen LogP) is 4.25. The Morgan fingerprint density at radius 3 is 2.74 bits per heavy atom. The summed E-state index contributed by atoms with van der Waals surface area (Å²) in [5, 5.41) is 33.4. The summed E-state index contributed by atoms with van der Waals surface area (Å²) >= 11 is 1.33. The number of carboxylic acid groups (broad SMARTS) is 1. The minimum Gasteiger partial charge on any atom is -0.507 e. The molecule has 0 saturated carbocycles. The van der Waals surface area contributed by atoms with E-state index in [1.165, 1.54) is 28.2 Å². The molecule has 0 radical (unpaired) electrons. The first-order chi connectivity index (χ1) is 16.5. The molecule has 3 heterocycles. The van der Waals surface area contributed by atoms with E-state index in [0.29, 0.717) is 33.1 Å². The first-order valence-electron chi connectivity index (χ1n) is 10.2. The van der Waals surface area contributed by atoms with Crippen LogP contribution in [0.15, 0.2) is 64.7 Å². The number of nitrogens with one attached hydrogen (secondary N) is 1. The Morgan fingerprint density at radius 1 is 1.18 bits per heavy atom. The van der Waals surface area contributed by atoms with Crippen LogP contribution in [-0.4, -0.2) is 42.1 Å². The number of nitrogens with zero attached hydrogens (tertiary/aromatic N) is 4. The van der Waals surface area contributed by atoms with E-state index < -0.39 is 11.7 Å². The Bertz CT molecular complexity index is 1490. The van der Waals surface area contributed by atoms with Crippen LogP contribution in [0.4, 0.5) is 5.13 Å². The van der Waals surface area contributed by atoms with E-state index >= 15 is 0 Å². The molecule has 0 aliphatic rings. The molecule has 0 atom stereocenters. The zero-order valence-corrected chi connectivity index (χ0v) is 18.3. The summed E-state index contributed by atoms with van der Waals surface area (Å²) in [4.78, 5) is 27.8. The number of aromatic nitrogens is 4. The highest BCUT2D eigenvalue weighted by Gasteiger charge is 2.23. The van der Waals surface area contributed by atoms with Gasteiger partial charge in [-0.2, -0.15) is 0 Å². The van der Waals surface area contributed by atoms with Gasteiger partial charge in [0.15, 0.2) is 5.13 Å². The van der Waals surface area contributed by atoms with Crippen molar-refractivity contribution in [3.63, 3.8) is 0 Å². The fourth-order valence-corrected chi connectivity index (χ4v) is 4.10. The Hall–Kier alpha value is -4.51. The summed E-state index contributed by atoms with van der Waals surface area (Å²) in [6.45, 7) is 0.280. The van der Waals surface area contributed by atoms with Crippen molar-refractivity contribution in [2.75, 3.05) is 5.32 Å². The van der Waals surface area contributed by atoms with Crippen LogP contribution in [0.5, 0.6) is 5.75 Å². The van der Waals surface area contributed by atoms with Gasteiger partial charge in [-0.25, -0.2) is 9.78 Å². The second-order valence-corrected chi connectivity index (χ2v) is 8.24. The number of carboxylic acids is 1. The third kappa shape index (κ3) is 4.11. The molecule has 0 spiro atoms. The summed E-state index contributed by atoms with van der Waals surface area (Å²) in [6.07, 6.45) is 3.44. The third-order valence-electron chi connectivity index (χ3n) is 5.11. The normalized spacial score (nSPS) is 11.1. The lowest BCUT2D eigenvalue weighted by atomic mass is 10.0. The first-order valence-corrected chi connectivity index (χ1v) is 11.1. The number of furan rings is 1. The van der Waals surface area contributed by atoms with Crippen LogP contribution in [0.2, 0.25) is 0 Å². The Morgan fingerprint density at radius 2 is 2.00 bits per heavy atom. The lowest BCUT2D eigenvalue weighted by molar-refractivity contribution is -0.116. The van der Waals surface area contributed by atoms with Gasteiger partial charge in [0.05, 0.1) is 18.3 Å². The molecule has 11 heteroatoms. The van der Waals surface area contributed by atoms with Gasteiger partial charge in [-0.3, -0.25) is 9.48 Å². The zero-order chi connectivity index (χ0) is 23.7. The summed E-state index contributed by atoms with van der Waals surface area (Å²) in [7, 11) is 0. The molecule has 2 aromatic carbocycles. The highest BCUT2D eigenvalue weighted by molar-refractivity contribution is 7.13. The molecule has 5 aromatic rings. The van der Waals surface area contributed by atoms with Crippen molar-refractivity contribution < 1.29 is 24.2 Å². The Labute approximate surface area is 196 Å². The number of rotatable bonds is 7. The van der Waals surface area contributed by atoms with Crippen LogP contribution in [0.25, 0.3) is 33.6 Å². The number of hydrogen-bond acceptors (Lipinski definition) is 8. The summed E-state index contributed by atoms with van der Waals surface area (Å²) in [6, 6.07) is 11.9. The van der Waals surface area contributed by atoms with Crippen molar-refractivity contribution in [3.05, 3.63) is 65.8 Å². The molecule has 34 heavy (non-hydrogen) atoms. The topological polar surface area (TPSA) is 143 Å². The molecule has 0 saturated heterocycles. The fourth-order valence-electron chi connectivity index (χ4n) is 3.56. The van der Waals surface area contributed by atoms with E-state index in [0.717, 1.165) is 5.56 Å². The smallest absolute Gasteiger partial charge is 0.339 e. The molecule has 1 amide bonds. The second-order valence-electron chi connectivity index (χ2n) is 7.35. The zero-order valence-electron chi connectivity index (χ0n) is 17.5. The van der Waals surface area contributed by atoms with Crippen molar-refractivity contribution in [3.8, 4) is 28.3 Å². The monoisotopic (exact) mass is 475 g/mol. The highest BCUT2D eigenvalue weighted by atomic mass is 32.1. The van der Waals surface area contributed by atoms with Crippen LogP contribution >= 0.6 is 11.3 Å². The van der Waals surface area contributed by atoms with Gasteiger partial charge in [0, 0.05) is 35.0 Å². The third-order valence-corrected chi connectivity index (χ3v) is 5.80. The molecule has 0 aliphatic carbocycles. The number of carbonyl (C=O) groups excluding carboxylic acids is 1. The van der Waals surface area contributed by atoms with Crippen LogP contribution in [0, 0.1) is 0 Å². The molecule has 5 rings (SSSR count). The van der Waals surface area contributed by atoms with Gasteiger partial charge in [0.25, 0.3) is 0 Å². The average Bonchev–Trinajstić information content (AvgIpc) is 3.57. The van der Waals surface area contributed by atoms with Gasteiger partial charge >= 0.3 is 5.97 Å². The van der Waals surface area contributed by atoms with Gasteiger partial charge in [-0.05, 0) is 6.07 Å². The minimum atomic E-state index is -1.26. The van der Waals surface area contributed by atoms with Crippen molar-refractivity contribution in [2.45, 2.75) is 13.0 Å². The summed E-state index contributed by atoms with van der Waals surface area (Å²) < 4.78 is 7.55. The van der Waals surface area contributed by atoms with Gasteiger partial charge in [-0.1, -0.05) is 35.5 Å². The molecule has 3 N–H and O–H groups in total. The molecular weight excluding hydrogens is 458 g/mol. The van der Waals surface area contributed by atoms with E-state index in [1.807, 2.05) is 30.3 Å². The van der Waals surface area contributed by atoms with E-state index in [1.54, 1.807) is 17.8 Å². The number of aromatic carboxylic acids is 1. The average molecular weight is 475 g/mol. The lowest BCUT2D eigenvalue weighted by Crippen LogP contribution is -2.14. The number of phenols is 1. The quantitative estimate of drug-likeness (QED) is 0.317. The van der Waals surface area contributed by atoms with Gasteiger partial charge in [-0.15, -0.1) is 16.4 Å². The lowest BCUT2D eigenvalue weighted by Gasteiger charge is -2.02. The first kappa shape index (κ1) is 21.3. The Kier molecular flexibility index (Phi) is 5.52. The number of aromatic hydroxyl groups is 1. The molecule has 10 nitrogen and oxygen atoms in total. The van der Waals surface area contributed by atoms with Gasteiger partial charge in [0.1, 0.15) is 28.4 Å². The molecule has 3 aromatic heterocycles. The second kappa shape index (κ2) is 8.79. The maximum atomic E-state index is 12.2. The van der Waals surface area contributed by atoms with Gasteiger partial charge in [0.2, 0.25) is 5.91 Å². The number of aryl methyl sites for hydroxylation is 1. The van der Waals surface area contributed by atoms with E-state index in [-0.39, 0.29) is 24.4 Å². The van der Waals surface area contributed by atoms with Crippen molar-refractivity contribution >= 4 is 39.3 Å². The number of anilines is 1. The standard InChI is InChI=1S/C23H17N5O5S/c29-17-11-18-15(10-14(17)22(31)32)20(21(33-18)13-4-2-1-3-5-13)16-12-28(27-26-16)8-6-19(30)25-23-24-7-9-34-23/h1-5,7,9-12,29H,6,8H2,(H,31,32)(H,24,25,30). The molecule has 0 unspecified atom stereocenters. The van der Waals surface area contributed by atoms with Crippen LogP contribution < -0.4 is 5.32 Å². The van der Waals surface area contributed by atoms with Crippen LogP contribution in [-0.2, 0) is 11.3 Å². The van der Waals surface area contributed by atoms with E-state index in [2.05, 4.69) is 20.6 Å². The molecule has 0 fully saturated rings.